The molecule has 1 aromatic carbocycles. The molecule has 1 rings (SSSR count). The van der Waals surface area contributed by atoms with Gasteiger partial charge in [0.1, 0.15) is 13.2 Å². The molecule has 0 amide bonds. The maximum absolute atomic E-state index is 11.4. The molecule has 42 heavy (non-hydrogen) atoms. The van der Waals surface area contributed by atoms with Crippen molar-refractivity contribution in [3.8, 4) is 0 Å². The largest absolute Gasteiger partial charge is 0.478 e. The van der Waals surface area contributed by atoms with Crippen molar-refractivity contribution in [2.75, 3.05) is 66.9 Å². The Morgan fingerprint density at radius 3 is 1.95 bits per heavy atom. The van der Waals surface area contributed by atoms with Crippen molar-refractivity contribution in [2.45, 2.75) is 45.6 Å². The molecule has 10 heteroatoms. The molecule has 0 saturated heterocycles. The Hall–Kier alpha value is -3.31. The number of hydrogen-bond acceptors (Lipinski definition) is 9. The first-order valence-corrected chi connectivity index (χ1v) is 13.9. The summed E-state index contributed by atoms with van der Waals surface area (Å²) in [6, 6.07) is 9.92. The van der Waals surface area contributed by atoms with E-state index >= 15 is 0 Å². The van der Waals surface area contributed by atoms with Gasteiger partial charge in [-0.2, -0.15) is 0 Å². The summed E-state index contributed by atoms with van der Waals surface area (Å²) in [4.78, 5) is 35.5. The highest BCUT2D eigenvalue weighted by Gasteiger charge is 2.33. The average Bonchev–Trinajstić information content (AvgIpc) is 2.94. The number of carbonyl (C=O) groups excluding carboxylic acids is 2. The van der Waals surface area contributed by atoms with Gasteiger partial charge in [0.15, 0.2) is 0 Å². The van der Waals surface area contributed by atoms with Crippen LogP contribution >= 0.6 is 0 Å². The maximum Gasteiger partial charge on any atom is 0.333 e. The number of aryl methyl sites for hydroxylation is 1. The third-order valence-corrected chi connectivity index (χ3v) is 5.68. The van der Waals surface area contributed by atoms with Gasteiger partial charge in [-0.3, -0.25) is 0 Å². The third kappa shape index (κ3) is 18.9. The summed E-state index contributed by atoms with van der Waals surface area (Å²) in [6.07, 6.45) is 1.42. The van der Waals surface area contributed by atoms with Gasteiger partial charge in [-0.25, -0.2) is 14.4 Å². The summed E-state index contributed by atoms with van der Waals surface area (Å²) in [5.74, 6) is -1.82. The van der Waals surface area contributed by atoms with Gasteiger partial charge >= 0.3 is 17.9 Å². The zero-order valence-corrected chi connectivity index (χ0v) is 25.9. The summed E-state index contributed by atoms with van der Waals surface area (Å²) in [5, 5.41) is 9.34. The molecule has 1 N–H and O–H groups in total. The number of esters is 2. The lowest BCUT2D eigenvalue weighted by Crippen LogP contribution is -2.41. The van der Waals surface area contributed by atoms with Crippen LogP contribution in [0.4, 0.5) is 0 Å². The molecule has 10 nitrogen and oxygen atoms in total. The van der Waals surface area contributed by atoms with E-state index in [4.69, 9.17) is 23.7 Å². The third-order valence-electron chi connectivity index (χ3n) is 5.68. The molecule has 1 aromatic rings. The fraction of sp³-hybridized carbons (Fsp3) is 0.531. The van der Waals surface area contributed by atoms with Crippen LogP contribution in [-0.4, -0.2) is 100 Å². The second-order valence-corrected chi connectivity index (χ2v) is 9.99. The molecule has 236 valence electrons. The fourth-order valence-corrected chi connectivity index (χ4v) is 3.33. The van der Waals surface area contributed by atoms with Crippen molar-refractivity contribution in [1.82, 2.24) is 4.90 Å². The fourth-order valence-electron chi connectivity index (χ4n) is 3.33. The van der Waals surface area contributed by atoms with Crippen LogP contribution in [0, 0.1) is 0 Å². The lowest BCUT2D eigenvalue weighted by Gasteiger charge is -2.34. The summed E-state index contributed by atoms with van der Waals surface area (Å²) in [6.45, 7) is 18.5. The van der Waals surface area contributed by atoms with Gasteiger partial charge in [0.25, 0.3) is 0 Å². The van der Waals surface area contributed by atoms with E-state index in [9.17, 15) is 19.5 Å². The van der Waals surface area contributed by atoms with Crippen LogP contribution < -0.4 is 0 Å². The van der Waals surface area contributed by atoms with Crippen molar-refractivity contribution < 1.29 is 43.2 Å². The Bertz CT molecular complexity index is 991. The second kappa shape index (κ2) is 22.3. The number of aliphatic carboxylic acids is 1. The number of carboxylic acids is 1. The molecule has 0 bridgehead atoms. The molecule has 0 heterocycles. The summed E-state index contributed by atoms with van der Waals surface area (Å²) in [5.41, 5.74) is 1.14. The average molecular weight is 592 g/mol. The van der Waals surface area contributed by atoms with Crippen LogP contribution in [0.5, 0.6) is 0 Å². The number of nitrogens with zero attached hydrogens (tertiary/aromatic N) is 1. The van der Waals surface area contributed by atoms with E-state index in [1.807, 2.05) is 56.3 Å². The number of carboxylic acid groups (broad SMARTS) is 1. The van der Waals surface area contributed by atoms with E-state index in [0.717, 1.165) is 12.1 Å². The minimum atomic E-state index is -1.06. The van der Waals surface area contributed by atoms with Gasteiger partial charge in [-0.1, -0.05) is 50.1 Å². The van der Waals surface area contributed by atoms with Crippen LogP contribution in [0.1, 0.15) is 39.2 Å². The van der Waals surface area contributed by atoms with Crippen molar-refractivity contribution in [3.63, 3.8) is 0 Å². The van der Waals surface area contributed by atoms with Gasteiger partial charge in [0.2, 0.25) is 0 Å². The van der Waals surface area contributed by atoms with Crippen LogP contribution in [0.15, 0.2) is 66.8 Å². The summed E-state index contributed by atoms with van der Waals surface area (Å²) >= 11 is 0. The van der Waals surface area contributed by atoms with Crippen molar-refractivity contribution in [1.29, 1.82) is 0 Å². The topological polar surface area (TPSA) is 121 Å². The monoisotopic (exact) mass is 591 g/mol. The van der Waals surface area contributed by atoms with E-state index in [1.165, 1.54) is 0 Å². The molecule has 1 unspecified atom stereocenters. The normalized spacial score (nSPS) is 12.0. The van der Waals surface area contributed by atoms with Crippen LogP contribution in [0.3, 0.4) is 0 Å². The Labute approximate surface area is 250 Å². The molecule has 0 saturated carbocycles. The quantitative estimate of drug-likeness (QED) is 0.126. The van der Waals surface area contributed by atoms with Gasteiger partial charge in [0.05, 0.1) is 32.0 Å². The highest BCUT2D eigenvalue weighted by molar-refractivity contribution is 5.87. The van der Waals surface area contributed by atoms with Crippen LogP contribution in [-0.2, 0) is 44.5 Å². The minimum absolute atomic E-state index is 0.0698. The Morgan fingerprint density at radius 1 is 0.857 bits per heavy atom. The van der Waals surface area contributed by atoms with Gasteiger partial charge in [0, 0.05) is 36.3 Å². The van der Waals surface area contributed by atoms with Crippen LogP contribution in [0.2, 0.25) is 0 Å². The molecular formula is C32H49NO9. The van der Waals surface area contributed by atoms with E-state index in [-0.39, 0.29) is 51.0 Å². The minimum Gasteiger partial charge on any atom is -0.478 e. The first-order valence-electron chi connectivity index (χ1n) is 13.9. The van der Waals surface area contributed by atoms with E-state index < -0.39 is 17.5 Å². The lowest BCUT2D eigenvalue weighted by atomic mass is 9.88. The molecule has 0 spiro atoms. The number of ether oxygens (including phenoxy) is 5. The number of rotatable bonds is 21. The molecular weight excluding hydrogens is 542 g/mol. The van der Waals surface area contributed by atoms with Gasteiger partial charge in [-0.15, -0.1) is 0 Å². The van der Waals surface area contributed by atoms with Crippen LogP contribution in [0.25, 0.3) is 0 Å². The summed E-state index contributed by atoms with van der Waals surface area (Å²) < 4.78 is 27.1. The molecule has 0 aliphatic heterocycles. The predicted octanol–water partition coefficient (Wildman–Crippen LogP) is 4.25. The first-order chi connectivity index (χ1) is 19.8. The molecule has 0 aliphatic rings. The summed E-state index contributed by atoms with van der Waals surface area (Å²) in [7, 11) is 3.85. The lowest BCUT2D eigenvalue weighted by molar-refractivity contribution is -0.142. The van der Waals surface area contributed by atoms with Gasteiger partial charge in [-0.05, 0) is 53.3 Å². The van der Waals surface area contributed by atoms with Crippen molar-refractivity contribution in [2.24, 2.45) is 0 Å². The van der Waals surface area contributed by atoms with E-state index in [2.05, 4.69) is 19.7 Å². The zero-order chi connectivity index (χ0) is 32.0. The second-order valence-electron chi connectivity index (χ2n) is 9.99. The Morgan fingerprint density at radius 2 is 1.43 bits per heavy atom. The highest BCUT2D eigenvalue weighted by atomic mass is 16.6. The van der Waals surface area contributed by atoms with E-state index in [1.54, 1.807) is 13.8 Å². The molecule has 0 fully saturated rings. The highest BCUT2D eigenvalue weighted by Crippen LogP contribution is 2.28. The van der Waals surface area contributed by atoms with Crippen molar-refractivity contribution in [3.05, 3.63) is 72.4 Å². The van der Waals surface area contributed by atoms with Crippen molar-refractivity contribution >= 4 is 17.9 Å². The van der Waals surface area contributed by atoms with Gasteiger partial charge < -0.3 is 33.7 Å². The maximum atomic E-state index is 11.4. The molecule has 0 aromatic heterocycles. The standard InChI is InChI=1S/C24H34O7.C8H15NO2/c1-5-28-18-24(17-20(4)22(25)26,12-11-21-9-7-6-8-10-21)31-16-14-29-13-15-30-23(27)19(2)3;1-7(2)8(10)11-6-5-9(3)4/h6-10H,2,4-5,11-18H2,1,3H3,(H,25,26);1,5-6H2,2-4H3. The first kappa shape index (κ1) is 38.7. The zero-order valence-electron chi connectivity index (χ0n) is 25.9. The smallest absolute Gasteiger partial charge is 0.333 e. The number of benzene rings is 1. The predicted molar refractivity (Wildman–Crippen MR) is 162 cm³/mol. The van der Waals surface area contributed by atoms with E-state index in [0.29, 0.717) is 37.2 Å². The molecule has 0 aliphatic carbocycles. The molecule has 0 radical (unpaired) electrons. The number of hydrogen-bond donors (Lipinski definition) is 1. The molecule has 1 atom stereocenters. The Kier molecular flexibility index (Phi) is 20.6. The number of carbonyl (C=O) groups is 3. The Balaban J connectivity index is 0.00000129. The number of likely N-dealkylation sites (N-methyl/N-ethyl adjacent to an activating group) is 1. The SMILES string of the molecule is C=C(C)C(=O)OCCN(C)C.C=C(C)C(=O)OCCOCCOC(CCc1ccccc1)(COCC)CC(=C)C(=O)O.